The van der Waals surface area contributed by atoms with Gasteiger partial charge in [0.15, 0.2) is 0 Å². The Morgan fingerprint density at radius 2 is 1.86 bits per heavy atom. The first-order chi connectivity index (χ1) is 10.6. The maximum absolute atomic E-state index is 11.9. The van der Waals surface area contributed by atoms with E-state index in [1.165, 1.54) is 0 Å². The van der Waals surface area contributed by atoms with Crippen LogP contribution in [0.3, 0.4) is 0 Å². The van der Waals surface area contributed by atoms with Crippen LogP contribution in [0.15, 0.2) is 48.5 Å². The van der Waals surface area contributed by atoms with E-state index >= 15 is 0 Å². The largest absolute Gasteiger partial charge is 0.497 e. The normalized spacial score (nSPS) is 10.7. The number of benzene rings is 2. The van der Waals surface area contributed by atoms with Crippen molar-refractivity contribution in [1.29, 1.82) is 0 Å². The Labute approximate surface area is 137 Å². The molecule has 0 aliphatic heterocycles. The molecule has 0 aliphatic carbocycles. The maximum atomic E-state index is 11.9. The van der Waals surface area contributed by atoms with Crippen molar-refractivity contribution in [3.63, 3.8) is 0 Å². The topological polar surface area (TPSA) is 39.2 Å². The molecule has 5 heteroatoms. The molecule has 0 saturated carbocycles. The highest BCUT2D eigenvalue weighted by atomic mass is 35.5. The number of halogens is 2. The first kappa shape index (κ1) is 14.8. The minimum atomic E-state index is -0.638. The molecule has 1 aromatic heterocycles. The van der Waals surface area contributed by atoms with Gasteiger partial charge in [0.05, 0.1) is 28.9 Å². The summed E-state index contributed by atoms with van der Waals surface area (Å²) in [5.74, 6) is 0.636. The van der Waals surface area contributed by atoms with Gasteiger partial charge in [-0.3, -0.25) is 4.79 Å². The van der Waals surface area contributed by atoms with E-state index in [1.54, 1.807) is 25.3 Å². The Morgan fingerprint density at radius 1 is 1.14 bits per heavy atom. The fourth-order valence-electron chi connectivity index (χ4n) is 2.31. The molecule has 0 unspecified atom stereocenters. The van der Waals surface area contributed by atoms with E-state index in [4.69, 9.17) is 27.9 Å². The Kier molecular flexibility index (Phi) is 4.01. The molecule has 2 aromatic carbocycles. The lowest BCUT2D eigenvalue weighted by Crippen LogP contribution is -2.00. The molecular weight excluding hydrogens is 321 g/mol. The SMILES string of the molecule is COc1ccc2nc(-c3ccccc3)c(C(=O)Cl)c(Cl)c2c1. The van der Waals surface area contributed by atoms with Crippen LogP contribution in [0, 0.1) is 0 Å². The van der Waals surface area contributed by atoms with Crippen LogP contribution in [0.5, 0.6) is 5.75 Å². The van der Waals surface area contributed by atoms with Crippen molar-refractivity contribution < 1.29 is 9.53 Å². The van der Waals surface area contributed by atoms with Gasteiger partial charge >= 0.3 is 0 Å². The molecule has 3 nitrogen and oxygen atoms in total. The van der Waals surface area contributed by atoms with Crippen LogP contribution in [0.1, 0.15) is 10.4 Å². The van der Waals surface area contributed by atoms with E-state index in [-0.39, 0.29) is 10.6 Å². The van der Waals surface area contributed by atoms with Crippen LogP contribution in [0.4, 0.5) is 0 Å². The van der Waals surface area contributed by atoms with Gasteiger partial charge < -0.3 is 4.74 Å². The first-order valence-electron chi connectivity index (χ1n) is 6.54. The number of rotatable bonds is 3. The third kappa shape index (κ3) is 2.54. The smallest absolute Gasteiger partial charge is 0.256 e. The van der Waals surface area contributed by atoms with Gasteiger partial charge in [0.25, 0.3) is 5.24 Å². The second kappa shape index (κ2) is 5.95. The summed E-state index contributed by atoms with van der Waals surface area (Å²) in [6.45, 7) is 0. The van der Waals surface area contributed by atoms with E-state index in [2.05, 4.69) is 4.98 Å². The van der Waals surface area contributed by atoms with Crippen LogP contribution in [-0.2, 0) is 0 Å². The summed E-state index contributed by atoms with van der Waals surface area (Å²) in [7, 11) is 1.56. The molecule has 0 saturated heterocycles. The average molecular weight is 332 g/mol. The number of carbonyl (C=O) groups is 1. The van der Waals surface area contributed by atoms with E-state index < -0.39 is 5.24 Å². The lowest BCUT2D eigenvalue weighted by Gasteiger charge is -2.11. The molecular formula is C17H11Cl2NO2. The lowest BCUT2D eigenvalue weighted by atomic mass is 10.0. The van der Waals surface area contributed by atoms with Crippen molar-refractivity contribution in [2.75, 3.05) is 7.11 Å². The zero-order valence-electron chi connectivity index (χ0n) is 11.6. The summed E-state index contributed by atoms with van der Waals surface area (Å²) in [5, 5.41) is 0.272. The van der Waals surface area contributed by atoms with Gasteiger partial charge in [-0.2, -0.15) is 0 Å². The fraction of sp³-hybridized carbons (Fsp3) is 0.0588. The molecule has 3 aromatic rings. The second-order valence-electron chi connectivity index (χ2n) is 4.67. The number of carbonyl (C=O) groups excluding carboxylic acids is 1. The van der Waals surface area contributed by atoms with Gasteiger partial charge in [-0.25, -0.2) is 4.98 Å². The van der Waals surface area contributed by atoms with Crippen LogP contribution < -0.4 is 4.74 Å². The zero-order valence-corrected chi connectivity index (χ0v) is 13.2. The van der Waals surface area contributed by atoms with E-state index in [9.17, 15) is 4.79 Å². The number of ether oxygens (including phenoxy) is 1. The third-order valence-electron chi connectivity index (χ3n) is 3.37. The minimum absolute atomic E-state index is 0.204. The maximum Gasteiger partial charge on any atom is 0.256 e. The summed E-state index contributed by atoms with van der Waals surface area (Å²) < 4.78 is 5.19. The highest BCUT2D eigenvalue weighted by Gasteiger charge is 2.20. The highest BCUT2D eigenvalue weighted by Crippen LogP contribution is 2.35. The number of aromatic nitrogens is 1. The van der Waals surface area contributed by atoms with Gasteiger partial charge in [0, 0.05) is 10.9 Å². The molecule has 0 amide bonds. The third-order valence-corrected chi connectivity index (χ3v) is 3.95. The van der Waals surface area contributed by atoms with Gasteiger partial charge in [0.1, 0.15) is 5.75 Å². The van der Waals surface area contributed by atoms with Crippen molar-refractivity contribution in [3.8, 4) is 17.0 Å². The quantitative estimate of drug-likeness (QED) is 0.638. The summed E-state index contributed by atoms with van der Waals surface area (Å²) in [6.07, 6.45) is 0. The van der Waals surface area contributed by atoms with Gasteiger partial charge in [-0.1, -0.05) is 41.9 Å². The predicted octanol–water partition coefficient (Wildman–Crippen LogP) is 4.94. The van der Waals surface area contributed by atoms with Crippen LogP contribution in [0.2, 0.25) is 5.02 Å². The lowest BCUT2D eigenvalue weighted by molar-refractivity contribution is 0.108. The summed E-state index contributed by atoms with van der Waals surface area (Å²) >= 11 is 12.2. The predicted molar refractivity (Wildman–Crippen MR) is 88.9 cm³/mol. The standard InChI is InChI=1S/C17H11Cl2NO2/c1-22-11-7-8-13-12(9-11)15(18)14(17(19)21)16(20-13)10-5-3-2-4-6-10/h2-9H,1H3. The molecule has 0 aliphatic rings. The monoisotopic (exact) mass is 331 g/mol. The first-order valence-corrected chi connectivity index (χ1v) is 7.30. The highest BCUT2D eigenvalue weighted by molar-refractivity contribution is 6.69. The zero-order chi connectivity index (χ0) is 15.7. The Balaban J connectivity index is 2.37. The Morgan fingerprint density at radius 3 is 2.50 bits per heavy atom. The summed E-state index contributed by atoms with van der Waals surface area (Å²) in [6, 6.07) is 14.7. The number of nitrogens with zero attached hydrogens (tertiary/aromatic N) is 1. The Hall–Kier alpha value is -2.10. The number of fused-ring (bicyclic) bond motifs is 1. The molecule has 0 bridgehead atoms. The van der Waals surface area contributed by atoms with Crippen molar-refractivity contribution in [2.45, 2.75) is 0 Å². The molecule has 0 atom stereocenters. The van der Waals surface area contributed by atoms with Gasteiger partial charge in [-0.05, 0) is 29.8 Å². The van der Waals surface area contributed by atoms with E-state index in [1.807, 2.05) is 30.3 Å². The van der Waals surface area contributed by atoms with Crippen molar-refractivity contribution in [2.24, 2.45) is 0 Å². The number of methoxy groups -OCH3 is 1. The van der Waals surface area contributed by atoms with Crippen molar-refractivity contribution >= 4 is 39.3 Å². The number of hydrogen-bond donors (Lipinski definition) is 0. The molecule has 0 radical (unpaired) electrons. The molecule has 1 heterocycles. The van der Waals surface area contributed by atoms with E-state index in [0.717, 1.165) is 5.56 Å². The van der Waals surface area contributed by atoms with Gasteiger partial charge in [-0.15, -0.1) is 0 Å². The van der Waals surface area contributed by atoms with Crippen molar-refractivity contribution in [1.82, 2.24) is 4.98 Å². The second-order valence-corrected chi connectivity index (χ2v) is 5.39. The van der Waals surface area contributed by atoms with E-state index in [0.29, 0.717) is 22.3 Å². The molecule has 0 spiro atoms. The number of hydrogen-bond acceptors (Lipinski definition) is 3. The minimum Gasteiger partial charge on any atom is -0.497 e. The summed E-state index contributed by atoms with van der Waals surface area (Å²) in [5.41, 5.74) is 2.14. The van der Waals surface area contributed by atoms with Gasteiger partial charge in [0.2, 0.25) is 0 Å². The van der Waals surface area contributed by atoms with Crippen molar-refractivity contribution in [3.05, 3.63) is 59.1 Å². The Bertz CT molecular complexity index is 863. The van der Waals surface area contributed by atoms with Crippen LogP contribution in [-0.4, -0.2) is 17.3 Å². The van der Waals surface area contributed by atoms with Crippen LogP contribution in [0.25, 0.3) is 22.2 Å². The molecule has 3 rings (SSSR count). The number of pyridine rings is 1. The summed E-state index contributed by atoms with van der Waals surface area (Å²) in [4.78, 5) is 16.4. The van der Waals surface area contributed by atoms with Crippen LogP contribution >= 0.6 is 23.2 Å². The average Bonchev–Trinajstić information content (AvgIpc) is 2.54. The molecule has 0 N–H and O–H groups in total. The fourth-order valence-corrected chi connectivity index (χ4v) is 2.87. The molecule has 0 fully saturated rings. The molecule has 110 valence electrons. The molecule has 22 heavy (non-hydrogen) atoms.